The fourth-order valence-corrected chi connectivity index (χ4v) is 5.14. The minimum Gasteiger partial charge on any atom is -0.469 e. The summed E-state index contributed by atoms with van der Waals surface area (Å²) in [7, 11) is 3.96. The molecule has 3 rings (SSSR count). The Morgan fingerprint density at radius 3 is 0.800 bits per heavy atom. The number of carbonyl (C=O) groups excluding carboxylic acids is 3. The lowest BCUT2D eigenvalue weighted by Crippen LogP contribution is -2.16. The normalized spacial score (nSPS) is 12.3. The number of hydrogen-bond donors (Lipinski definition) is 3. The van der Waals surface area contributed by atoms with Gasteiger partial charge in [0.1, 0.15) is 0 Å². The van der Waals surface area contributed by atoms with E-state index in [2.05, 4.69) is 14.2 Å². The molecular formula is C30H33Cl6N3O6. The third-order valence-electron chi connectivity index (χ3n) is 5.78. The minimum atomic E-state index is -0.450. The summed E-state index contributed by atoms with van der Waals surface area (Å²) in [6.07, 6.45) is 0.313. The molecule has 0 saturated heterocycles. The van der Waals surface area contributed by atoms with Gasteiger partial charge in [0.2, 0.25) is 0 Å². The molecule has 0 aliphatic rings. The summed E-state index contributed by atoms with van der Waals surface area (Å²) in [6.45, 7) is 0. The number of esters is 3. The Morgan fingerprint density at radius 1 is 0.467 bits per heavy atom. The first-order valence-corrected chi connectivity index (χ1v) is 15.2. The number of nitrogens with two attached hydrogens (primary N) is 3. The van der Waals surface area contributed by atoms with Crippen molar-refractivity contribution in [3.05, 3.63) is 101 Å². The van der Waals surface area contributed by atoms with Gasteiger partial charge in [-0.15, -0.1) is 0 Å². The standard InChI is InChI=1S/3C10H11Cl2NO2/c3*1-15-10(14)5-9(13)6-2-7(11)4-8(12)3-6/h3*2-4,9H,5,13H2,1H3/t2*9-;/m10./s1. The van der Waals surface area contributed by atoms with Gasteiger partial charge in [0.15, 0.2) is 0 Å². The van der Waals surface area contributed by atoms with E-state index in [0.29, 0.717) is 30.1 Å². The van der Waals surface area contributed by atoms with Crippen molar-refractivity contribution in [2.45, 2.75) is 37.4 Å². The van der Waals surface area contributed by atoms with Crippen molar-refractivity contribution < 1.29 is 28.6 Å². The number of halogens is 6. The van der Waals surface area contributed by atoms with Crippen LogP contribution in [0.2, 0.25) is 30.1 Å². The second-order valence-corrected chi connectivity index (χ2v) is 11.9. The largest absolute Gasteiger partial charge is 0.469 e. The van der Waals surface area contributed by atoms with Crippen LogP contribution >= 0.6 is 69.6 Å². The topological polar surface area (TPSA) is 157 Å². The van der Waals surface area contributed by atoms with Gasteiger partial charge in [-0.3, -0.25) is 14.4 Å². The van der Waals surface area contributed by atoms with Gasteiger partial charge >= 0.3 is 17.9 Å². The molecule has 0 fully saturated rings. The third kappa shape index (κ3) is 16.2. The molecule has 0 heterocycles. The predicted molar refractivity (Wildman–Crippen MR) is 180 cm³/mol. The Labute approximate surface area is 292 Å². The van der Waals surface area contributed by atoms with Crippen molar-refractivity contribution >= 4 is 87.5 Å². The quantitative estimate of drug-likeness (QED) is 0.148. The Morgan fingerprint density at radius 2 is 0.644 bits per heavy atom. The van der Waals surface area contributed by atoms with Gasteiger partial charge in [0, 0.05) is 48.3 Å². The number of rotatable bonds is 9. The SMILES string of the molecule is COC(=O)CC(N)c1cc(Cl)cc(Cl)c1.COC(=O)C[C@@H](N)c1cc(Cl)cc(Cl)c1.COC(=O)C[C@H](N)c1cc(Cl)cc(Cl)c1. The molecule has 0 saturated carbocycles. The zero-order valence-electron chi connectivity index (χ0n) is 24.5. The molecule has 6 N–H and O–H groups in total. The monoisotopic (exact) mass is 741 g/mol. The molecule has 3 aromatic rings. The van der Waals surface area contributed by atoms with Crippen molar-refractivity contribution in [2.75, 3.05) is 21.3 Å². The highest BCUT2D eigenvalue weighted by Crippen LogP contribution is 2.26. The van der Waals surface area contributed by atoms with Crippen molar-refractivity contribution in [3.63, 3.8) is 0 Å². The molecular weight excluding hydrogens is 711 g/mol. The highest BCUT2D eigenvalue weighted by molar-refractivity contribution is 6.35. The lowest BCUT2D eigenvalue weighted by molar-refractivity contribution is -0.141. The molecule has 45 heavy (non-hydrogen) atoms. The molecule has 0 bridgehead atoms. The Bertz CT molecular complexity index is 1210. The molecule has 3 aromatic carbocycles. The van der Waals surface area contributed by atoms with E-state index < -0.39 is 18.1 Å². The second-order valence-electron chi connectivity index (χ2n) is 9.27. The van der Waals surface area contributed by atoms with Gasteiger partial charge in [0.05, 0.1) is 40.6 Å². The molecule has 9 nitrogen and oxygen atoms in total. The first kappa shape index (κ1) is 40.7. The van der Waals surface area contributed by atoms with E-state index in [0.717, 1.165) is 16.7 Å². The molecule has 0 radical (unpaired) electrons. The highest BCUT2D eigenvalue weighted by Gasteiger charge is 2.15. The van der Waals surface area contributed by atoms with Gasteiger partial charge in [-0.1, -0.05) is 69.6 Å². The Kier molecular flexibility index (Phi) is 18.8. The van der Waals surface area contributed by atoms with Crippen LogP contribution < -0.4 is 17.2 Å². The molecule has 0 amide bonds. The van der Waals surface area contributed by atoms with E-state index >= 15 is 0 Å². The number of methoxy groups -OCH3 is 3. The highest BCUT2D eigenvalue weighted by atomic mass is 35.5. The van der Waals surface area contributed by atoms with Crippen molar-refractivity contribution in [2.24, 2.45) is 17.2 Å². The molecule has 246 valence electrons. The maximum atomic E-state index is 11.0. The average Bonchev–Trinajstić information content (AvgIpc) is 2.96. The van der Waals surface area contributed by atoms with E-state index in [1.807, 2.05) is 0 Å². The van der Waals surface area contributed by atoms with Crippen LogP contribution in [0.4, 0.5) is 0 Å². The summed E-state index contributed by atoms with van der Waals surface area (Å²) in [4.78, 5) is 33.0. The van der Waals surface area contributed by atoms with Crippen LogP contribution in [0, 0.1) is 0 Å². The van der Waals surface area contributed by atoms with E-state index in [1.54, 1.807) is 54.6 Å². The van der Waals surface area contributed by atoms with Crippen molar-refractivity contribution in [1.29, 1.82) is 0 Å². The lowest BCUT2D eigenvalue weighted by atomic mass is 10.1. The molecule has 0 spiro atoms. The van der Waals surface area contributed by atoms with E-state index in [4.69, 9.17) is 86.8 Å². The molecule has 0 aliphatic carbocycles. The van der Waals surface area contributed by atoms with Crippen LogP contribution in [0.3, 0.4) is 0 Å². The summed E-state index contributed by atoms with van der Waals surface area (Å²) in [5.41, 5.74) is 19.5. The van der Waals surface area contributed by atoms with Gasteiger partial charge < -0.3 is 31.4 Å². The maximum Gasteiger partial charge on any atom is 0.307 e. The van der Waals surface area contributed by atoms with Crippen molar-refractivity contribution in [3.8, 4) is 0 Å². The summed E-state index contributed by atoms with van der Waals surface area (Å²) in [5, 5.41) is 2.99. The molecule has 0 aromatic heterocycles. The van der Waals surface area contributed by atoms with Crippen LogP contribution in [0.15, 0.2) is 54.6 Å². The van der Waals surface area contributed by atoms with Crippen LogP contribution in [0.1, 0.15) is 54.1 Å². The summed E-state index contributed by atoms with van der Waals surface area (Å²) >= 11 is 34.9. The summed E-state index contributed by atoms with van der Waals surface area (Å²) in [6, 6.07) is 13.6. The minimum absolute atomic E-state index is 0.104. The van der Waals surface area contributed by atoms with Crippen LogP contribution in [0.5, 0.6) is 0 Å². The fraction of sp³-hybridized carbons (Fsp3) is 0.300. The Balaban J connectivity index is 0.000000337. The van der Waals surface area contributed by atoms with E-state index in [9.17, 15) is 14.4 Å². The average molecular weight is 744 g/mol. The van der Waals surface area contributed by atoms with Crippen LogP contribution in [0.25, 0.3) is 0 Å². The Hall–Kier alpha value is -2.31. The summed E-state index contributed by atoms with van der Waals surface area (Å²) < 4.78 is 13.6. The molecule has 0 aliphatic heterocycles. The first-order chi connectivity index (χ1) is 21.1. The molecule has 1 unspecified atom stereocenters. The van der Waals surface area contributed by atoms with Crippen LogP contribution in [-0.2, 0) is 28.6 Å². The maximum absolute atomic E-state index is 11.0. The number of carbonyl (C=O) groups is 3. The zero-order valence-corrected chi connectivity index (χ0v) is 29.0. The number of hydrogen-bond acceptors (Lipinski definition) is 9. The van der Waals surface area contributed by atoms with Gasteiger partial charge in [-0.2, -0.15) is 0 Å². The third-order valence-corrected chi connectivity index (χ3v) is 7.09. The first-order valence-electron chi connectivity index (χ1n) is 12.9. The fourth-order valence-electron chi connectivity index (χ4n) is 3.51. The van der Waals surface area contributed by atoms with Gasteiger partial charge in [0.25, 0.3) is 0 Å². The predicted octanol–water partition coefficient (Wildman–Crippen LogP) is 7.67. The lowest BCUT2D eigenvalue weighted by Gasteiger charge is -2.11. The van der Waals surface area contributed by atoms with E-state index in [1.165, 1.54) is 21.3 Å². The molecule has 15 heteroatoms. The van der Waals surface area contributed by atoms with E-state index in [-0.39, 0.29) is 37.2 Å². The number of benzene rings is 3. The zero-order chi connectivity index (χ0) is 34.3. The molecule has 3 atom stereocenters. The van der Waals surface area contributed by atoms with Gasteiger partial charge in [-0.25, -0.2) is 0 Å². The summed E-state index contributed by atoms with van der Waals surface area (Å²) in [5.74, 6) is -1.09. The van der Waals surface area contributed by atoms with Crippen molar-refractivity contribution in [1.82, 2.24) is 0 Å². The van der Waals surface area contributed by atoms with Crippen LogP contribution in [-0.4, -0.2) is 39.2 Å². The van der Waals surface area contributed by atoms with Gasteiger partial charge in [-0.05, 0) is 71.3 Å². The smallest absolute Gasteiger partial charge is 0.307 e. The number of ether oxygens (including phenoxy) is 3. The second kappa shape index (κ2) is 20.7.